The SMILES string of the molecule is CC1=C(C(=O)O)C(c2cccc(Cl)c2)C(C(=O)NCCC(c2ccccc2)c2ccccc2)=C(C)N1. The highest BCUT2D eigenvalue weighted by Gasteiger charge is 2.36. The third-order valence-corrected chi connectivity index (χ3v) is 6.77. The Kier molecular flexibility index (Phi) is 7.91. The van der Waals surface area contributed by atoms with E-state index in [0.717, 1.165) is 0 Å². The van der Waals surface area contributed by atoms with Crippen molar-refractivity contribution in [3.05, 3.63) is 129 Å². The van der Waals surface area contributed by atoms with Gasteiger partial charge in [0.1, 0.15) is 0 Å². The number of hydrogen-bond donors (Lipinski definition) is 3. The van der Waals surface area contributed by atoms with Gasteiger partial charge in [-0.1, -0.05) is 84.4 Å². The maximum Gasteiger partial charge on any atom is 0.334 e. The average Bonchev–Trinajstić information content (AvgIpc) is 2.87. The summed E-state index contributed by atoms with van der Waals surface area (Å²) in [4.78, 5) is 25.8. The Morgan fingerprint density at radius 3 is 2.03 bits per heavy atom. The van der Waals surface area contributed by atoms with Gasteiger partial charge in [0.05, 0.1) is 11.5 Å². The molecule has 36 heavy (non-hydrogen) atoms. The first kappa shape index (κ1) is 25.3. The normalized spacial score (nSPS) is 15.6. The lowest BCUT2D eigenvalue weighted by Crippen LogP contribution is -2.36. The summed E-state index contributed by atoms with van der Waals surface area (Å²) in [6, 6.07) is 27.5. The Hall–Kier alpha value is -3.83. The molecule has 0 saturated heterocycles. The van der Waals surface area contributed by atoms with Crippen molar-refractivity contribution in [2.24, 2.45) is 0 Å². The number of hydrogen-bond acceptors (Lipinski definition) is 3. The van der Waals surface area contributed by atoms with E-state index in [2.05, 4.69) is 34.9 Å². The van der Waals surface area contributed by atoms with Crippen molar-refractivity contribution in [1.29, 1.82) is 0 Å². The van der Waals surface area contributed by atoms with Gasteiger partial charge in [-0.05, 0) is 49.1 Å². The lowest BCUT2D eigenvalue weighted by atomic mass is 9.80. The second kappa shape index (κ2) is 11.3. The van der Waals surface area contributed by atoms with Crippen LogP contribution in [0.2, 0.25) is 5.02 Å². The molecule has 4 rings (SSSR count). The number of halogens is 1. The number of carbonyl (C=O) groups is 2. The molecule has 0 saturated carbocycles. The molecule has 1 amide bonds. The summed E-state index contributed by atoms with van der Waals surface area (Å²) in [6.45, 7) is 3.94. The summed E-state index contributed by atoms with van der Waals surface area (Å²) in [5, 5.41) is 16.6. The molecule has 3 N–H and O–H groups in total. The molecule has 6 heteroatoms. The topological polar surface area (TPSA) is 78.4 Å². The highest BCUT2D eigenvalue weighted by molar-refractivity contribution is 6.30. The summed E-state index contributed by atoms with van der Waals surface area (Å²) in [5.74, 6) is -1.98. The Balaban J connectivity index is 1.59. The van der Waals surface area contributed by atoms with Crippen molar-refractivity contribution < 1.29 is 14.7 Å². The minimum Gasteiger partial charge on any atom is -0.478 e. The molecule has 1 atom stereocenters. The fourth-order valence-electron chi connectivity index (χ4n) is 4.92. The number of benzene rings is 3. The number of amides is 1. The molecule has 0 spiro atoms. The Bertz CT molecular complexity index is 1280. The Morgan fingerprint density at radius 1 is 0.889 bits per heavy atom. The van der Waals surface area contributed by atoms with E-state index in [0.29, 0.717) is 40.5 Å². The molecule has 1 aliphatic rings. The van der Waals surface area contributed by atoms with Crippen LogP contribution in [-0.2, 0) is 9.59 Å². The summed E-state index contributed by atoms with van der Waals surface area (Å²) >= 11 is 6.23. The van der Waals surface area contributed by atoms with Crippen molar-refractivity contribution in [2.45, 2.75) is 32.1 Å². The highest BCUT2D eigenvalue weighted by Crippen LogP contribution is 2.39. The van der Waals surface area contributed by atoms with Gasteiger partial charge in [0.25, 0.3) is 0 Å². The molecule has 0 bridgehead atoms. The van der Waals surface area contributed by atoms with Crippen LogP contribution in [0.15, 0.2) is 107 Å². The smallest absolute Gasteiger partial charge is 0.334 e. The average molecular weight is 501 g/mol. The van der Waals surface area contributed by atoms with Crippen molar-refractivity contribution in [2.75, 3.05) is 6.54 Å². The Labute approximate surface area is 216 Å². The van der Waals surface area contributed by atoms with Gasteiger partial charge >= 0.3 is 5.97 Å². The molecule has 1 unspecified atom stereocenters. The zero-order chi connectivity index (χ0) is 25.7. The van der Waals surface area contributed by atoms with Crippen molar-refractivity contribution >= 4 is 23.5 Å². The quantitative estimate of drug-likeness (QED) is 0.354. The maximum atomic E-state index is 13.5. The van der Waals surface area contributed by atoms with Crippen LogP contribution in [0.4, 0.5) is 0 Å². The van der Waals surface area contributed by atoms with E-state index in [4.69, 9.17) is 11.6 Å². The monoisotopic (exact) mass is 500 g/mol. The molecular formula is C30H29ClN2O3. The predicted octanol–water partition coefficient (Wildman–Crippen LogP) is 6.00. The van der Waals surface area contributed by atoms with Gasteiger partial charge in [0.2, 0.25) is 5.91 Å². The second-order valence-electron chi connectivity index (χ2n) is 8.91. The van der Waals surface area contributed by atoms with Crippen LogP contribution in [-0.4, -0.2) is 23.5 Å². The predicted molar refractivity (Wildman–Crippen MR) is 143 cm³/mol. The molecule has 5 nitrogen and oxygen atoms in total. The van der Waals surface area contributed by atoms with Crippen LogP contribution in [0.5, 0.6) is 0 Å². The molecule has 0 aliphatic carbocycles. The second-order valence-corrected chi connectivity index (χ2v) is 9.35. The van der Waals surface area contributed by atoms with Crippen LogP contribution >= 0.6 is 11.6 Å². The zero-order valence-corrected chi connectivity index (χ0v) is 21.0. The summed E-state index contributed by atoms with van der Waals surface area (Å²) < 4.78 is 0. The molecule has 0 fully saturated rings. The number of allylic oxidation sites excluding steroid dienone is 2. The molecular weight excluding hydrogens is 472 g/mol. The number of aliphatic carboxylic acids is 1. The van der Waals surface area contributed by atoms with E-state index in [1.54, 1.807) is 38.1 Å². The minimum atomic E-state index is -1.07. The molecule has 0 radical (unpaired) electrons. The summed E-state index contributed by atoms with van der Waals surface area (Å²) in [5.41, 5.74) is 4.68. The van der Waals surface area contributed by atoms with E-state index in [1.807, 2.05) is 36.4 Å². The first-order valence-corrected chi connectivity index (χ1v) is 12.3. The van der Waals surface area contributed by atoms with Crippen LogP contribution in [0.3, 0.4) is 0 Å². The summed E-state index contributed by atoms with van der Waals surface area (Å²) in [7, 11) is 0. The lowest BCUT2D eigenvalue weighted by molar-refractivity contribution is -0.133. The number of dihydropyridines is 1. The summed E-state index contributed by atoms with van der Waals surface area (Å²) in [6.07, 6.45) is 0.696. The minimum absolute atomic E-state index is 0.118. The lowest BCUT2D eigenvalue weighted by Gasteiger charge is -2.30. The van der Waals surface area contributed by atoms with Gasteiger partial charge in [-0.2, -0.15) is 0 Å². The van der Waals surface area contributed by atoms with Crippen molar-refractivity contribution in [3.63, 3.8) is 0 Å². The fraction of sp³-hybridized carbons (Fsp3) is 0.200. The Morgan fingerprint density at radius 2 is 1.47 bits per heavy atom. The van der Waals surface area contributed by atoms with Gasteiger partial charge in [0.15, 0.2) is 0 Å². The first-order chi connectivity index (χ1) is 17.4. The van der Waals surface area contributed by atoms with Crippen LogP contribution in [0.25, 0.3) is 0 Å². The first-order valence-electron chi connectivity index (χ1n) is 11.9. The van der Waals surface area contributed by atoms with Crippen LogP contribution < -0.4 is 10.6 Å². The van der Waals surface area contributed by atoms with Gasteiger partial charge in [-0.15, -0.1) is 0 Å². The van der Waals surface area contributed by atoms with E-state index in [-0.39, 0.29) is 17.4 Å². The molecule has 0 aromatic heterocycles. The van der Waals surface area contributed by atoms with Gasteiger partial charge in [-0.3, -0.25) is 4.79 Å². The van der Waals surface area contributed by atoms with Crippen molar-refractivity contribution in [3.8, 4) is 0 Å². The molecule has 184 valence electrons. The molecule has 3 aromatic carbocycles. The number of rotatable bonds is 8. The number of nitrogens with one attached hydrogen (secondary N) is 2. The molecule has 3 aromatic rings. The van der Waals surface area contributed by atoms with E-state index in [1.165, 1.54) is 11.1 Å². The highest BCUT2D eigenvalue weighted by atomic mass is 35.5. The van der Waals surface area contributed by atoms with E-state index < -0.39 is 11.9 Å². The van der Waals surface area contributed by atoms with Crippen LogP contribution in [0, 0.1) is 0 Å². The maximum absolute atomic E-state index is 13.5. The van der Waals surface area contributed by atoms with E-state index in [9.17, 15) is 14.7 Å². The van der Waals surface area contributed by atoms with Gasteiger partial charge in [-0.25, -0.2) is 4.79 Å². The fourth-order valence-corrected chi connectivity index (χ4v) is 5.12. The molecule has 1 aliphatic heterocycles. The van der Waals surface area contributed by atoms with Gasteiger partial charge in [0, 0.05) is 34.5 Å². The van der Waals surface area contributed by atoms with Crippen molar-refractivity contribution in [1.82, 2.24) is 10.6 Å². The number of carboxylic acid groups (broad SMARTS) is 1. The third kappa shape index (κ3) is 5.52. The third-order valence-electron chi connectivity index (χ3n) is 6.54. The largest absolute Gasteiger partial charge is 0.478 e. The van der Waals surface area contributed by atoms with E-state index >= 15 is 0 Å². The number of carboxylic acids is 1. The standard InChI is InChI=1S/C30H29ClN2O3/c1-19-26(28(23-14-9-15-24(31)18-23)27(30(35)36)20(2)33-19)29(34)32-17-16-25(21-10-5-3-6-11-21)22-12-7-4-8-13-22/h3-15,18,25,28,33H,16-17H2,1-2H3,(H,32,34)(H,35,36). The molecule has 1 heterocycles. The zero-order valence-electron chi connectivity index (χ0n) is 20.3. The van der Waals surface area contributed by atoms with Crippen LogP contribution in [0.1, 0.15) is 48.8 Å². The van der Waals surface area contributed by atoms with Gasteiger partial charge < -0.3 is 15.7 Å². The number of carbonyl (C=O) groups excluding carboxylic acids is 1.